The third-order valence-electron chi connectivity index (χ3n) is 3.64. The maximum absolute atomic E-state index is 5.85. The Balaban J connectivity index is 1.69. The molecule has 0 bridgehead atoms. The number of nitrogens with one attached hydrogen (secondary N) is 1. The maximum Gasteiger partial charge on any atom is 0.134 e. The molecule has 0 saturated carbocycles. The second kappa shape index (κ2) is 5.74. The molecule has 1 saturated heterocycles. The second-order valence-corrected chi connectivity index (χ2v) is 5.02. The molecule has 2 unspecified atom stereocenters. The molecule has 0 amide bonds. The zero-order valence-electron chi connectivity index (χ0n) is 11.0. The predicted molar refractivity (Wildman–Crippen MR) is 75.0 cm³/mol. The highest BCUT2D eigenvalue weighted by Gasteiger charge is 2.19. The number of rotatable bonds is 5. The van der Waals surface area contributed by atoms with Crippen molar-refractivity contribution >= 4 is 11.0 Å². The normalized spacial score (nSPS) is 21.0. The third kappa shape index (κ3) is 2.81. The van der Waals surface area contributed by atoms with Crippen LogP contribution in [0, 0.1) is 0 Å². The van der Waals surface area contributed by atoms with E-state index in [0.717, 1.165) is 42.7 Å². The lowest BCUT2D eigenvalue weighted by Gasteiger charge is -2.17. The van der Waals surface area contributed by atoms with E-state index in [1.54, 1.807) is 0 Å². The van der Waals surface area contributed by atoms with E-state index in [0.29, 0.717) is 12.6 Å². The number of ether oxygens (including phenoxy) is 1. The summed E-state index contributed by atoms with van der Waals surface area (Å²) in [6.45, 7) is 2.23. The smallest absolute Gasteiger partial charge is 0.134 e. The Labute approximate surface area is 112 Å². The molecule has 0 spiro atoms. The average molecular weight is 260 g/mol. The molecule has 1 aromatic carbocycles. The van der Waals surface area contributed by atoms with Gasteiger partial charge in [-0.25, -0.2) is 0 Å². The number of furan rings is 1. The molecule has 4 heteroatoms. The van der Waals surface area contributed by atoms with E-state index < -0.39 is 0 Å². The molecule has 1 fully saturated rings. The Bertz CT molecular complexity index is 499. The molecule has 2 aromatic rings. The van der Waals surface area contributed by atoms with Crippen LogP contribution in [0.2, 0.25) is 0 Å². The lowest BCUT2D eigenvalue weighted by atomic mass is 10.1. The predicted octanol–water partition coefficient (Wildman–Crippen LogP) is 2.20. The van der Waals surface area contributed by atoms with E-state index >= 15 is 0 Å². The molecule has 4 nitrogen and oxygen atoms in total. The molecule has 1 aromatic heterocycles. The molecular weight excluding hydrogens is 240 g/mol. The van der Waals surface area contributed by atoms with Crippen LogP contribution in [0.1, 0.15) is 24.6 Å². The number of benzene rings is 1. The summed E-state index contributed by atoms with van der Waals surface area (Å²) in [4.78, 5) is 0. The van der Waals surface area contributed by atoms with Gasteiger partial charge in [0.05, 0.1) is 12.1 Å². The van der Waals surface area contributed by atoms with Gasteiger partial charge < -0.3 is 20.2 Å². The Morgan fingerprint density at radius 2 is 2.26 bits per heavy atom. The number of para-hydroxylation sites is 1. The van der Waals surface area contributed by atoms with E-state index in [4.69, 9.17) is 14.9 Å². The van der Waals surface area contributed by atoms with E-state index in [2.05, 4.69) is 17.4 Å². The van der Waals surface area contributed by atoms with Crippen molar-refractivity contribution < 1.29 is 9.15 Å². The summed E-state index contributed by atoms with van der Waals surface area (Å²) in [5.74, 6) is 0.904. The number of fused-ring (bicyclic) bond motifs is 1. The zero-order valence-corrected chi connectivity index (χ0v) is 11.0. The highest BCUT2D eigenvalue weighted by molar-refractivity contribution is 5.77. The van der Waals surface area contributed by atoms with E-state index in [1.807, 2.05) is 18.2 Å². The Morgan fingerprint density at radius 3 is 3.00 bits per heavy atom. The van der Waals surface area contributed by atoms with Gasteiger partial charge in [-0.1, -0.05) is 18.2 Å². The van der Waals surface area contributed by atoms with Crippen molar-refractivity contribution in [1.82, 2.24) is 5.32 Å². The molecule has 3 rings (SSSR count). The summed E-state index contributed by atoms with van der Waals surface area (Å²) in [5.41, 5.74) is 6.76. The summed E-state index contributed by atoms with van der Waals surface area (Å²) in [7, 11) is 0. The van der Waals surface area contributed by atoms with Crippen LogP contribution in [-0.4, -0.2) is 25.8 Å². The fourth-order valence-electron chi connectivity index (χ4n) is 2.55. The Morgan fingerprint density at radius 1 is 1.37 bits per heavy atom. The maximum atomic E-state index is 5.85. The second-order valence-electron chi connectivity index (χ2n) is 5.02. The van der Waals surface area contributed by atoms with Crippen molar-refractivity contribution in [1.29, 1.82) is 0 Å². The van der Waals surface area contributed by atoms with Crippen LogP contribution in [0.5, 0.6) is 0 Å². The molecule has 2 atom stereocenters. The van der Waals surface area contributed by atoms with Crippen molar-refractivity contribution in [3.05, 3.63) is 36.1 Å². The standard InChI is InChI=1S/C15H20N2O2/c16-9-13(17-10-12-5-3-7-18-12)15-8-11-4-1-2-6-14(11)19-15/h1-2,4,6,8,12-13,17H,3,5,7,9-10,16H2. The van der Waals surface area contributed by atoms with Crippen molar-refractivity contribution in [3.63, 3.8) is 0 Å². The Hall–Kier alpha value is -1.36. The Kier molecular flexibility index (Phi) is 3.82. The highest BCUT2D eigenvalue weighted by atomic mass is 16.5. The van der Waals surface area contributed by atoms with Gasteiger partial charge in [0, 0.05) is 25.1 Å². The first-order valence-corrected chi connectivity index (χ1v) is 6.90. The minimum Gasteiger partial charge on any atom is -0.459 e. The zero-order chi connectivity index (χ0) is 13.1. The van der Waals surface area contributed by atoms with Gasteiger partial charge in [0.15, 0.2) is 0 Å². The molecule has 2 heterocycles. The van der Waals surface area contributed by atoms with Crippen LogP contribution in [0.15, 0.2) is 34.7 Å². The third-order valence-corrected chi connectivity index (χ3v) is 3.64. The van der Waals surface area contributed by atoms with Gasteiger partial charge in [0.2, 0.25) is 0 Å². The minimum atomic E-state index is 0.0524. The summed E-state index contributed by atoms with van der Waals surface area (Å²) in [6, 6.07) is 10.1. The molecule has 0 radical (unpaired) electrons. The van der Waals surface area contributed by atoms with Crippen LogP contribution in [0.3, 0.4) is 0 Å². The van der Waals surface area contributed by atoms with Crippen molar-refractivity contribution in [2.24, 2.45) is 5.73 Å². The van der Waals surface area contributed by atoms with Gasteiger partial charge in [0.25, 0.3) is 0 Å². The van der Waals surface area contributed by atoms with Gasteiger partial charge in [0.1, 0.15) is 11.3 Å². The first-order valence-electron chi connectivity index (χ1n) is 6.90. The van der Waals surface area contributed by atoms with Crippen LogP contribution in [0.25, 0.3) is 11.0 Å². The summed E-state index contributed by atoms with van der Waals surface area (Å²) < 4.78 is 11.5. The molecule has 1 aliphatic heterocycles. The van der Waals surface area contributed by atoms with E-state index in [9.17, 15) is 0 Å². The van der Waals surface area contributed by atoms with Crippen molar-refractivity contribution in [2.45, 2.75) is 25.0 Å². The fraction of sp³-hybridized carbons (Fsp3) is 0.467. The highest BCUT2D eigenvalue weighted by Crippen LogP contribution is 2.23. The first-order chi connectivity index (χ1) is 9.36. The van der Waals surface area contributed by atoms with E-state index in [-0.39, 0.29) is 6.04 Å². The number of hydrogen-bond acceptors (Lipinski definition) is 4. The SMILES string of the molecule is NCC(NCC1CCCO1)c1cc2ccccc2o1. The van der Waals surface area contributed by atoms with Crippen LogP contribution in [-0.2, 0) is 4.74 Å². The van der Waals surface area contributed by atoms with Gasteiger partial charge in [-0.15, -0.1) is 0 Å². The van der Waals surface area contributed by atoms with Crippen molar-refractivity contribution in [3.8, 4) is 0 Å². The molecule has 3 N–H and O–H groups in total. The van der Waals surface area contributed by atoms with Crippen LogP contribution in [0.4, 0.5) is 0 Å². The molecule has 102 valence electrons. The topological polar surface area (TPSA) is 60.4 Å². The van der Waals surface area contributed by atoms with Gasteiger partial charge in [-0.3, -0.25) is 0 Å². The van der Waals surface area contributed by atoms with Crippen molar-refractivity contribution in [2.75, 3.05) is 19.7 Å². The summed E-state index contributed by atoms with van der Waals surface area (Å²) in [6.07, 6.45) is 2.60. The number of hydrogen-bond donors (Lipinski definition) is 2. The largest absolute Gasteiger partial charge is 0.459 e. The minimum absolute atomic E-state index is 0.0524. The molecule has 19 heavy (non-hydrogen) atoms. The monoisotopic (exact) mass is 260 g/mol. The first kappa shape index (κ1) is 12.7. The van der Waals surface area contributed by atoms with Crippen LogP contribution < -0.4 is 11.1 Å². The average Bonchev–Trinajstić information content (AvgIpc) is 3.08. The molecular formula is C15H20N2O2. The summed E-state index contributed by atoms with van der Waals surface area (Å²) in [5, 5.41) is 4.57. The van der Waals surface area contributed by atoms with Gasteiger partial charge in [-0.05, 0) is 25.0 Å². The fourth-order valence-corrected chi connectivity index (χ4v) is 2.55. The lowest BCUT2D eigenvalue weighted by molar-refractivity contribution is 0.107. The quantitative estimate of drug-likeness (QED) is 0.865. The van der Waals surface area contributed by atoms with Crippen LogP contribution >= 0.6 is 0 Å². The lowest BCUT2D eigenvalue weighted by Crippen LogP contribution is -2.33. The number of nitrogens with two attached hydrogens (primary N) is 1. The molecule has 0 aliphatic carbocycles. The van der Waals surface area contributed by atoms with E-state index in [1.165, 1.54) is 0 Å². The van der Waals surface area contributed by atoms with Gasteiger partial charge >= 0.3 is 0 Å². The molecule has 1 aliphatic rings. The van der Waals surface area contributed by atoms with Gasteiger partial charge in [-0.2, -0.15) is 0 Å². The summed E-state index contributed by atoms with van der Waals surface area (Å²) >= 11 is 0.